The topological polar surface area (TPSA) is 73.6 Å². The van der Waals surface area contributed by atoms with E-state index in [9.17, 15) is 4.79 Å². The Morgan fingerprint density at radius 1 is 1.43 bits per heavy atom. The molecule has 130 valence electrons. The second-order valence-corrected chi connectivity index (χ2v) is 5.97. The maximum atomic E-state index is 12.4. The Bertz CT molecular complexity index is 533. The van der Waals surface area contributed by atoms with Gasteiger partial charge in [0.15, 0.2) is 0 Å². The second-order valence-electron chi connectivity index (χ2n) is 5.97. The van der Waals surface area contributed by atoms with Crippen molar-refractivity contribution in [3.05, 3.63) is 23.8 Å². The molecule has 0 saturated heterocycles. The summed E-state index contributed by atoms with van der Waals surface area (Å²) in [7, 11) is 1.63. The molecule has 1 unspecified atom stereocenters. The summed E-state index contributed by atoms with van der Waals surface area (Å²) in [4.78, 5) is 12.4. The minimum Gasteiger partial charge on any atom is -0.497 e. The number of nitrogens with one attached hydrogen (secondary N) is 1. The van der Waals surface area contributed by atoms with Gasteiger partial charge in [0, 0.05) is 12.1 Å². The fourth-order valence-corrected chi connectivity index (χ4v) is 2.57. The van der Waals surface area contributed by atoms with Gasteiger partial charge in [0.1, 0.15) is 18.1 Å². The third kappa shape index (κ3) is 4.75. The molecule has 1 aromatic rings. The van der Waals surface area contributed by atoms with Gasteiger partial charge in [0.2, 0.25) is 5.91 Å². The standard InChI is InChI=1S/C17H26N2O3.ClH/c1-4-17(18,5-2)11-19-16(20)13-8-12-9-14(21-3)6-7-15(12)22-10-13;/h6-7,9,13H,4-5,8,10-11,18H2,1-3H3,(H,19,20);1H. The first kappa shape index (κ1) is 19.6. The molecular weight excluding hydrogens is 316 g/mol. The zero-order valence-corrected chi connectivity index (χ0v) is 14.9. The molecule has 6 heteroatoms. The fraction of sp³-hybridized carbons (Fsp3) is 0.588. The number of nitrogens with two attached hydrogens (primary N) is 1. The highest BCUT2D eigenvalue weighted by Crippen LogP contribution is 2.30. The van der Waals surface area contributed by atoms with Crippen LogP contribution in [0.5, 0.6) is 11.5 Å². The Balaban J connectivity index is 0.00000264. The van der Waals surface area contributed by atoms with Gasteiger partial charge in [-0.2, -0.15) is 0 Å². The van der Waals surface area contributed by atoms with Gasteiger partial charge in [-0.3, -0.25) is 4.79 Å². The van der Waals surface area contributed by atoms with E-state index in [1.165, 1.54) is 0 Å². The van der Waals surface area contributed by atoms with Gasteiger partial charge in [-0.15, -0.1) is 12.4 Å². The van der Waals surface area contributed by atoms with Crippen LogP contribution in [0.1, 0.15) is 32.3 Å². The van der Waals surface area contributed by atoms with E-state index in [-0.39, 0.29) is 29.8 Å². The Labute approximate surface area is 144 Å². The van der Waals surface area contributed by atoms with Crippen molar-refractivity contribution in [2.45, 2.75) is 38.6 Å². The number of methoxy groups -OCH3 is 1. The number of halogens is 1. The normalized spacial score (nSPS) is 16.6. The molecule has 5 nitrogen and oxygen atoms in total. The van der Waals surface area contributed by atoms with Crippen LogP contribution in [0.4, 0.5) is 0 Å². The van der Waals surface area contributed by atoms with E-state index in [1.54, 1.807) is 7.11 Å². The van der Waals surface area contributed by atoms with Crippen molar-refractivity contribution < 1.29 is 14.3 Å². The van der Waals surface area contributed by atoms with Crippen LogP contribution in [0.2, 0.25) is 0 Å². The molecule has 23 heavy (non-hydrogen) atoms. The van der Waals surface area contributed by atoms with Gasteiger partial charge in [0.05, 0.1) is 13.0 Å². The lowest BCUT2D eigenvalue weighted by molar-refractivity contribution is -0.126. The molecule has 1 aliphatic rings. The first-order valence-electron chi connectivity index (χ1n) is 7.87. The first-order chi connectivity index (χ1) is 10.5. The van der Waals surface area contributed by atoms with Gasteiger partial charge < -0.3 is 20.5 Å². The predicted octanol–water partition coefficient (Wildman–Crippen LogP) is 2.30. The Hall–Kier alpha value is -1.46. The van der Waals surface area contributed by atoms with Crippen LogP contribution in [0.15, 0.2) is 18.2 Å². The smallest absolute Gasteiger partial charge is 0.226 e. The number of carbonyl (C=O) groups is 1. The molecule has 1 aliphatic heterocycles. The van der Waals surface area contributed by atoms with Crippen LogP contribution in [0.3, 0.4) is 0 Å². The van der Waals surface area contributed by atoms with E-state index in [0.29, 0.717) is 19.6 Å². The van der Waals surface area contributed by atoms with Crippen LogP contribution in [-0.2, 0) is 11.2 Å². The van der Waals surface area contributed by atoms with Crippen molar-refractivity contribution in [1.29, 1.82) is 0 Å². The van der Waals surface area contributed by atoms with Crippen LogP contribution >= 0.6 is 12.4 Å². The zero-order valence-electron chi connectivity index (χ0n) is 14.1. The maximum absolute atomic E-state index is 12.4. The molecule has 3 N–H and O–H groups in total. The Morgan fingerprint density at radius 3 is 2.74 bits per heavy atom. The van der Waals surface area contributed by atoms with E-state index in [1.807, 2.05) is 32.0 Å². The minimum atomic E-state index is -0.327. The Morgan fingerprint density at radius 2 is 2.13 bits per heavy atom. The van der Waals surface area contributed by atoms with Crippen LogP contribution in [0, 0.1) is 5.92 Å². The molecule has 1 aromatic carbocycles. The van der Waals surface area contributed by atoms with Crippen molar-refractivity contribution in [3.63, 3.8) is 0 Å². The van der Waals surface area contributed by atoms with E-state index in [4.69, 9.17) is 15.2 Å². The van der Waals surface area contributed by atoms with E-state index < -0.39 is 0 Å². The van der Waals surface area contributed by atoms with E-state index >= 15 is 0 Å². The highest BCUT2D eigenvalue weighted by molar-refractivity contribution is 5.85. The lowest BCUT2D eigenvalue weighted by Gasteiger charge is -2.29. The highest BCUT2D eigenvalue weighted by atomic mass is 35.5. The second kappa shape index (κ2) is 8.41. The molecule has 1 amide bonds. The van der Waals surface area contributed by atoms with Crippen LogP contribution in [-0.4, -0.2) is 31.7 Å². The summed E-state index contributed by atoms with van der Waals surface area (Å²) < 4.78 is 10.9. The summed E-state index contributed by atoms with van der Waals surface area (Å²) in [5, 5.41) is 2.98. The number of amides is 1. The monoisotopic (exact) mass is 342 g/mol. The molecule has 0 spiro atoms. The molecule has 2 rings (SSSR count). The average molecular weight is 343 g/mol. The van der Waals surface area contributed by atoms with Crippen molar-refractivity contribution in [3.8, 4) is 11.5 Å². The molecule has 1 atom stereocenters. The molecule has 0 aliphatic carbocycles. The maximum Gasteiger partial charge on any atom is 0.226 e. The third-order valence-corrected chi connectivity index (χ3v) is 4.57. The number of rotatable bonds is 6. The number of hydrogen-bond acceptors (Lipinski definition) is 4. The molecule has 0 saturated carbocycles. The van der Waals surface area contributed by atoms with Crippen LogP contribution in [0.25, 0.3) is 0 Å². The molecule has 0 fully saturated rings. The SMILES string of the molecule is CCC(N)(CC)CNC(=O)C1COc2ccc(OC)cc2C1.Cl. The number of carbonyl (C=O) groups excluding carboxylic acids is 1. The van der Waals surface area contributed by atoms with Crippen molar-refractivity contribution in [2.24, 2.45) is 11.7 Å². The van der Waals surface area contributed by atoms with Gasteiger partial charge in [-0.25, -0.2) is 0 Å². The summed E-state index contributed by atoms with van der Waals surface area (Å²) >= 11 is 0. The fourth-order valence-electron chi connectivity index (χ4n) is 2.57. The lowest BCUT2D eigenvalue weighted by atomic mass is 9.92. The van der Waals surface area contributed by atoms with Crippen LogP contribution < -0.4 is 20.5 Å². The summed E-state index contributed by atoms with van der Waals surface area (Å²) in [6, 6.07) is 5.69. The molecule has 0 aromatic heterocycles. The summed E-state index contributed by atoms with van der Waals surface area (Å²) in [5.74, 6) is 1.43. The van der Waals surface area contributed by atoms with E-state index in [2.05, 4.69) is 5.32 Å². The van der Waals surface area contributed by atoms with Crippen molar-refractivity contribution in [2.75, 3.05) is 20.3 Å². The molecular formula is C17H27ClN2O3. The summed E-state index contributed by atoms with van der Waals surface area (Å²) in [6.45, 7) is 4.99. The predicted molar refractivity (Wildman–Crippen MR) is 93.4 cm³/mol. The van der Waals surface area contributed by atoms with E-state index in [0.717, 1.165) is 29.9 Å². The largest absolute Gasteiger partial charge is 0.497 e. The minimum absolute atomic E-state index is 0. The highest BCUT2D eigenvalue weighted by Gasteiger charge is 2.28. The first-order valence-corrected chi connectivity index (χ1v) is 7.87. The number of hydrogen-bond donors (Lipinski definition) is 2. The lowest BCUT2D eigenvalue weighted by Crippen LogP contribution is -2.51. The number of fused-ring (bicyclic) bond motifs is 1. The zero-order chi connectivity index (χ0) is 16.2. The third-order valence-electron chi connectivity index (χ3n) is 4.57. The van der Waals surface area contributed by atoms with Crippen molar-refractivity contribution in [1.82, 2.24) is 5.32 Å². The van der Waals surface area contributed by atoms with Crippen molar-refractivity contribution >= 4 is 18.3 Å². The van der Waals surface area contributed by atoms with Gasteiger partial charge in [-0.05, 0) is 43.0 Å². The molecule has 0 bridgehead atoms. The quantitative estimate of drug-likeness (QED) is 0.832. The molecule has 1 heterocycles. The molecule has 0 radical (unpaired) electrons. The van der Waals surface area contributed by atoms with Gasteiger partial charge in [-0.1, -0.05) is 13.8 Å². The summed E-state index contributed by atoms with van der Waals surface area (Å²) in [5.41, 5.74) is 6.91. The average Bonchev–Trinajstić information content (AvgIpc) is 2.58. The van der Waals surface area contributed by atoms with Gasteiger partial charge in [0.25, 0.3) is 0 Å². The number of benzene rings is 1. The Kier molecular flexibility index (Phi) is 7.16. The summed E-state index contributed by atoms with van der Waals surface area (Å²) in [6.07, 6.45) is 2.34. The van der Waals surface area contributed by atoms with Gasteiger partial charge >= 0.3 is 0 Å². The number of ether oxygens (including phenoxy) is 2.